The first kappa shape index (κ1) is 18.0. The zero-order valence-electron chi connectivity index (χ0n) is 14.8. The maximum absolute atomic E-state index is 11.1. The van der Waals surface area contributed by atoms with Crippen LogP contribution in [-0.2, 0) is 5.41 Å². The number of rotatable bonds is 4. The second-order valence-electron chi connectivity index (χ2n) is 6.64. The van der Waals surface area contributed by atoms with E-state index in [0.717, 1.165) is 5.70 Å². The molecule has 3 rings (SSSR count). The molecule has 26 heavy (non-hydrogen) atoms. The summed E-state index contributed by atoms with van der Waals surface area (Å²) in [5.41, 5.74) is 6.92. The number of hydrazone groups is 1. The standard InChI is InChI=1S/C20H20ClN3O2/c1-20(2)15-6-4-5-7-17(15)24(3)18(20)10-11-22-23-13-8-9-16(21)14(12-13)19(25)26/h4-12,23H,1-3H3,(H,25,26)/b18-10-,22-11-. The topological polar surface area (TPSA) is 64.9 Å². The molecule has 5 nitrogen and oxygen atoms in total. The number of carboxylic acids is 1. The highest BCUT2D eigenvalue weighted by molar-refractivity contribution is 6.33. The van der Waals surface area contributed by atoms with E-state index >= 15 is 0 Å². The molecule has 1 aliphatic rings. The monoisotopic (exact) mass is 369 g/mol. The first-order valence-electron chi connectivity index (χ1n) is 8.18. The van der Waals surface area contributed by atoms with Crippen molar-refractivity contribution >= 4 is 35.2 Å². The average molecular weight is 370 g/mol. The molecule has 0 bridgehead atoms. The molecule has 0 fully saturated rings. The van der Waals surface area contributed by atoms with Gasteiger partial charge in [0.05, 0.1) is 16.3 Å². The number of fused-ring (bicyclic) bond motifs is 1. The van der Waals surface area contributed by atoms with Gasteiger partial charge in [0.1, 0.15) is 0 Å². The number of nitrogens with zero attached hydrogens (tertiary/aromatic N) is 2. The molecular weight excluding hydrogens is 350 g/mol. The van der Waals surface area contributed by atoms with E-state index in [1.807, 2.05) is 25.3 Å². The highest BCUT2D eigenvalue weighted by atomic mass is 35.5. The van der Waals surface area contributed by atoms with Gasteiger partial charge in [0.2, 0.25) is 0 Å². The van der Waals surface area contributed by atoms with Crippen LogP contribution >= 0.6 is 11.6 Å². The molecule has 0 radical (unpaired) electrons. The smallest absolute Gasteiger partial charge is 0.337 e. The van der Waals surface area contributed by atoms with Crippen molar-refractivity contribution in [3.05, 3.63) is 70.4 Å². The lowest BCUT2D eigenvalue weighted by atomic mass is 9.84. The number of hydrogen-bond donors (Lipinski definition) is 2. The number of benzene rings is 2. The van der Waals surface area contributed by atoms with E-state index in [2.05, 4.69) is 41.4 Å². The van der Waals surface area contributed by atoms with Crippen LogP contribution in [0.4, 0.5) is 11.4 Å². The first-order chi connectivity index (χ1) is 12.3. The van der Waals surface area contributed by atoms with Crippen molar-refractivity contribution in [2.24, 2.45) is 5.10 Å². The maximum Gasteiger partial charge on any atom is 0.337 e. The van der Waals surface area contributed by atoms with Gasteiger partial charge in [0.15, 0.2) is 0 Å². The normalized spacial score (nSPS) is 16.9. The van der Waals surface area contributed by atoms with Gasteiger partial charge < -0.3 is 10.0 Å². The highest BCUT2D eigenvalue weighted by Crippen LogP contribution is 2.46. The summed E-state index contributed by atoms with van der Waals surface area (Å²) >= 11 is 5.87. The zero-order valence-corrected chi connectivity index (χ0v) is 15.6. The fourth-order valence-corrected chi connectivity index (χ4v) is 3.48. The number of allylic oxidation sites excluding steroid dienone is 2. The van der Waals surface area contributed by atoms with Crippen molar-refractivity contribution in [3.8, 4) is 0 Å². The number of para-hydroxylation sites is 1. The van der Waals surface area contributed by atoms with E-state index in [-0.39, 0.29) is 16.0 Å². The van der Waals surface area contributed by atoms with E-state index in [1.165, 1.54) is 23.4 Å². The predicted molar refractivity (Wildman–Crippen MR) is 106 cm³/mol. The van der Waals surface area contributed by atoms with Crippen LogP contribution in [0.25, 0.3) is 0 Å². The summed E-state index contributed by atoms with van der Waals surface area (Å²) in [6.45, 7) is 4.36. The zero-order chi connectivity index (χ0) is 18.9. The van der Waals surface area contributed by atoms with Gasteiger partial charge in [-0.15, -0.1) is 0 Å². The fraction of sp³-hybridized carbons (Fsp3) is 0.200. The largest absolute Gasteiger partial charge is 0.478 e. The van der Waals surface area contributed by atoms with Crippen LogP contribution in [0.1, 0.15) is 29.8 Å². The van der Waals surface area contributed by atoms with Crippen molar-refractivity contribution in [2.45, 2.75) is 19.3 Å². The number of hydrogen-bond acceptors (Lipinski definition) is 4. The number of halogens is 1. The lowest BCUT2D eigenvalue weighted by Gasteiger charge is -2.23. The molecule has 2 N–H and O–H groups in total. The number of anilines is 2. The molecule has 1 aliphatic heterocycles. The van der Waals surface area contributed by atoms with Crippen LogP contribution in [0.15, 0.2) is 59.3 Å². The first-order valence-corrected chi connectivity index (χ1v) is 8.56. The summed E-state index contributed by atoms with van der Waals surface area (Å²) in [6, 6.07) is 13.0. The van der Waals surface area contributed by atoms with Crippen molar-refractivity contribution in [2.75, 3.05) is 17.4 Å². The molecule has 0 saturated heterocycles. The minimum absolute atomic E-state index is 0.0392. The Morgan fingerprint density at radius 3 is 2.69 bits per heavy atom. The molecule has 0 aromatic heterocycles. The third-order valence-electron chi connectivity index (χ3n) is 4.64. The van der Waals surface area contributed by atoms with Gasteiger partial charge in [-0.2, -0.15) is 5.10 Å². The summed E-state index contributed by atoms with van der Waals surface area (Å²) < 4.78 is 0. The van der Waals surface area contributed by atoms with Gasteiger partial charge in [0.25, 0.3) is 0 Å². The van der Waals surface area contributed by atoms with Crippen LogP contribution < -0.4 is 10.3 Å². The molecule has 6 heteroatoms. The number of nitrogens with one attached hydrogen (secondary N) is 1. The van der Waals surface area contributed by atoms with E-state index in [4.69, 9.17) is 16.7 Å². The lowest BCUT2D eigenvalue weighted by Crippen LogP contribution is -2.23. The Morgan fingerprint density at radius 1 is 1.27 bits per heavy atom. The summed E-state index contributed by atoms with van der Waals surface area (Å²) in [7, 11) is 2.04. The third kappa shape index (κ3) is 3.18. The Morgan fingerprint density at radius 2 is 2.00 bits per heavy atom. The van der Waals surface area contributed by atoms with Crippen LogP contribution in [-0.4, -0.2) is 24.3 Å². The Labute approximate surface area is 157 Å². The van der Waals surface area contributed by atoms with Gasteiger partial charge in [-0.3, -0.25) is 5.43 Å². The summed E-state index contributed by atoms with van der Waals surface area (Å²) in [5, 5.41) is 13.5. The van der Waals surface area contributed by atoms with Crippen LogP contribution in [0.3, 0.4) is 0 Å². The Bertz CT molecular complexity index is 919. The van der Waals surface area contributed by atoms with Crippen molar-refractivity contribution in [1.29, 1.82) is 0 Å². The van der Waals surface area contributed by atoms with E-state index < -0.39 is 5.97 Å². The van der Waals surface area contributed by atoms with Crippen molar-refractivity contribution in [1.82, 2.24) is 0 Å². The molecule has 2 aromatic rings. The Kier molecular flexibility index (Phi) is 4.74. The van der Waals surface area contributed by atoms with Gasteiger partial charge in [0, 0.05) is 30.1 Å². The second kappa shape index (κ2) is 6.84. The van der Waals surface area contributed by atoms with E-state index in [1.54, 1.807) is 12.3 Å². The number of carbonyl (C=O) groups is 1. The molecule has 0 aliphatic carbocycles. The van der Waals surface area contributed by atoms with Crippen molar-refractivity contribution in [3.63, 3.8) is 0 Å². The van der Waals surface area contributed by atoms with Crippen LogP contribution in [0, 0.1) is 0 Å². The number of carboxylic acid groups (broad SMARTS) is 1. The molecule has 0 unspecified atom stereocenters. The third-order valence-corrected chi connectivity index (χ3v) is 4.97. The summed E-state index contributed by atoms with van der Waals surface area (Å²) in [4.78, 5) is 13.3. The summed E-state index contributed by atoms with van der Waals surface area (Å²) in [5.74, 6) is -1.07. The molecule has 1 heterocycles. The SMILES string of the molecule is CN1/C(=C\C=N/Nc2ccc(Cl)c(C(=O)O)c2)C(C)(C)c2ccccc21. The van der Waals surface area contributed by atoms with Gasteiger partial charge >= 0.3 is 5.97 Å². The number of likely N-dealkylation sites (N-methyl/N-ethyl adjacent to an activating group) is 1. The highest BCUT2D eigenvalue weighted by Gasteiger charge is 2.37. The minimum Gasteiger partial charge on any atom is -0.478 e. The Balaban J connectivity index is 1.79. The fourth-order valence-electron chi connectivity index (χ4n) is 3.28. The lowest BCUT2D eigenvalue weighted by molar-refractivity contribution is 0.0697. The molecule has 134 valence electrons. The molecule has 2 aromatic carbocycles. The van der Waals surface area contributed by atoms with Gasteiger partial charge in [-0.05, 0) is 35.9 Å². The maximum atomic E-state index is 11.1. The molecule has 0 amide bonds. The predicted octanol–water partition coefficient (Wildman–Crippen LogP) is 4.75. The molecule has 0 saturated carbocycles. The van der Waals surface area contributed by atoms with Crippen LogP contribution in [0.2, 0.25) is 5.02 Å². The Hall–Kier alpha value is -2.79. The molecule has 0 atom stereocenters. The molecular formula is C20H20ClN3O2. The number of aromatic carboxylic acids is 1. The van der Waals surface area contributed by atoms with E-state index in [9.17, 15) is 4.79 Å². The molecule has 0 spiro atoms. The quantitative estimate of drug-likeness (QED) is 0.603. The van der Waals surface area contributed by atoms with Gasteiger partial charge in [-0.1, -0.05) is 43.6 Å². The summed E-state index contributed by atoms with van der Waals surface area (Å²) in [6.07, 6.45) is 3.63. The average Bonchev–Trinajstić information content (AvgIpc) is 2.80. The minimum atomic E-state index is -1.07. The second-order valence-corrected chi connectivity index (χ2v) is 7.05. The van der Waals surface area contributed by atoms with E-state index in [0.29, 0.717) is 5.69 Å². The van der Waals surface area contributed by atoms with Crippen molar-refractivity contribution < 1.29 is 9.90 Å². The van der Waals surface area contributed by atoms with Gasteiger partial charge in [-0.25, -0.2) is 4.79 Å². The van der Waals surface area contributed by atoms with Crippen LogP contribution in [0.5, 0.6) is 0 Å².